The van der Waals surface area contributed by atoms with E-state index in [-0.39, 0.29) is 12.5 Å². The number of pyridine rings is 2. The number of aliphatic hydroxyl groups excluding tert-OH is 1. The number of rotatable bonds is 5. The maximum Gasteiger partial charge on any atom is 0.227 e. The van der Waals surface area contributed by atoms with Gasteiger partial charge in [-0.15, -0.1) is 0 Å². The van der Waals surface area contributed by atoms with Gasteiger partial charge in [0.25, 0.3) is 0 Å². The number of nitrogens with zero attached hydrogens (tertiary/aromatic N) is 8. The van der Waals surface area contributed by atoms with E-state index in [1.54, 1.807) is 17.2 Å². The molecule has 0 aromatic carbocycles. The molecular formula is C27H32FN9O. The number of hydrogen-bond acceptors (Lipinski definition) is 9. The van der Waals surface area contributed by atoms with Gasteiger partial charge in [0, 0.05) is 49.7 Å². The van der Waals surface area contributed by atoms with Crippen molar-refractivity contribution in [3.8, 4) is 0 Å². The molecule has 1 saturated heterocycles. The van der Waals surface area contributed by atoms with Crippen LogP contribution in [0.5, 0.6) is 0 Å². The zero-order chi connectivity index (χ0) is 26.6. The van der Waals surface area contributed by atoms with Crippen LogP contribution in [0.3, 0.4) is 0 Å². The SMILES string of the molecule is CC(C)c1cnc(N2Cc3cnn(C)c3C2)c2cnc(Nc3ccnc(N4CC[C@@H](O)[C@@](C)(F)C4)n3)cc12. The molecule has 38 heavy (non-hydrogen) atoms. The molecule has 6 rings (SSSR count). The van der Waals surface area contributed by atoms with Crippen molar-refractivity contribution in [2.45, 2.75) is 58.0 Å². The van der Waals surface area contributed by atoms with Crippen LogP contribution in [-0.2, 0) is 20.1 Å². The molecule has 0 aliphatic carbocycles. The summed E-state index contributed by atoms with van der Waals surface area (Å²) in [4.78, 5) is 22.5. The molecule has 0 radical (unpaired) electrons. The number of piperidine rings is 1. The zero-order valence-corrected chi connectivity index (χ0v) is 22.1. The molecule has 0 saturated carbocycles. The summed E-state index contributed by atoms with van der Waals surface area (Å²) in [6, 6.07) is 3.80. The third kappa shape index (κ3) is 4.30. The lowest BCUT2D eigenvalue weighted by atomic mass is 9.94. The Morgan fingerprint density at radius 1 is 1.08 bits per heavy atom. The van der Waals surface area contributed by atoms with Gasteiger partial charge in [0.1, 0.15) is 17.5 Å². The lowest BCUT2D eigenvalue weighted by molar-refractivity contribution is -0.00860. The zero-order valence-electron chi connectivity index (χ0n) is 22.1. The van der Waals surface area contributed by atoms with Crippen LogP contribution in [0.4, 0.5) is 27.8 Å². The molecule has 0 unspecified atom stereocenters. The molecule has 4 aromatic rings. The number of anilines is 4. The minimum Gasteiger partial charge on any atom is -0.390 e. The summed E-state index contributed by atoms with van der Waals surface area (Å²) in [5, 5.41) is 19.7. The number of halogens is 1. The first-order valence-electron chi connectivity index (χ1n) is 12.9. The van der Waals surface area contributed by atoms with Gasteiger partial charge in [-0.05, 0) is 42.3 Å². The second-order valence-electron chi connectivity index (χ2n) is 10.8. The lowest BCUT2D eigenvalue weighted by Gasteiger charge is -2.38. The Bertz CT molecular complexity index is 1500. The van der Waals surface area contributed by atoms with Crippen molar-refractivity contribution in [2.75, 3.05) is 28.2 Å². The summed E-state index contributed by atoms with van der Waals surface area (Å²) in [7, 11) is 1.97. The first-order chi connectivity index (χ1) is 18.2. The van der Waals surface area contributed by atoms with Crippen LogP contribution in [0.2, 0.25) is 0 Å². The van der Waals surface area contributed by atoms with Gasteiger partial charge < -0.3 is 20.2 Å². The van der Waals surface area contributed by atoms with Crippen LogP contribution in [0.15, 0.2) is 36.9 Å². The Hall–Kier alpha value is -3.86. The van der Waals surface area contributed by atoms with Crippen molar-refractivity contribution < 1.29 is 9.50 Å². The van der Waals surface area contributed by atoms with Crippen LogP contribution in [-0.4, -0.2) is 59.7 Å². The van der Waals surface area contributed by atoms with Gasteiger partial charge in [-0.2, -0.15) is 10.1 Å². The molecule has 2 N–H and O–H groups in total. The predicted octanol–water partition coefficient (Wildman–Crippen LogP) is 3.84. The van der Waals surface area contributed by atoms with E-state index < -0.39 is 11.8 Å². The van der Waals surface area contributed by atoms with E-state index in [0.717, 1.165) is 35.2 Å². The molecule has 10 nitrogen and oxygen atoms in total. The van der Waals surface area contributed by atoms with Crippen molar-refractivity contribution in [3.63, 3.8) is 0 Å². The Morgan fingerprint density at radius 3 is 2.68 bits per heavy atom. The molecule has 198 valence electrons. The van der Waals surface area contributed by atoms with Crippen molar-refractivity contribution in [1.82, 2.24) is 29.7 Å². The monoisotopic (exact) mass is 517 g/mol. The van der Waals surface area contributed by atoms with Crippen molar-refractivity contribution in [2.24, 2.45) is 7.05 Å². The van der Waals surface area contributed by atoms with Gasteiger partial charge in [0.15, 0.2) is 5.67 Å². The Labute approximate surface area is 220 Å². The average molecular weight is 518 g/mol. The van der Waals surface area contributed by atoms with Gasteiger partial charge in [0.05, 0.1) is 31.1 Å². The molecule has 0 spiro atoms. The summed E-state index contributed by atoms with van der Waals surface area (Å²) >= 11 is 0. The molecule has 0 amide bonds. The molecule has 6 heterocycles. The van der Waals surface area contributed by atoms with Gasteiger partial charge in [0.2, 0.25) is 5.95 Å². The lowest BCUT2D eigenvalue weighted by Crippen LogP contribution is -2.52. The molecule has 2 aliphatic heterocycles. The predicted molar refractivity (Wildman–Crippen MR) is 144 cm³/mol. The van der Waals surface area contributed by atoms with Crippen molar-refractivity contribution >= 4 is 34.2 Å². The topological polar surface area (TPSA) is 108 Å². The highest BCUT2D eigenvalue weighted by Gasteiger charge is 2.39. The number of aryl methyl sites for hydroxylation is 1. The van der Waals surface area contributed by atoms with E-state index in [2.05, 4.69) is 39.1 Å². The quantitative estimate of drug-likeness (QED) is 0.408. The normalized spacial score (nSPS) is 21.4. The molecule has 0 bridgehead atoms. The Balaban J connectivity index is 1.30. The number of aromatic nitrogens is 6. The van der Waals surface area contributed by atoms with Crippen LogP contribution < -0.4 is 15.1 Å². The smallest absolute Gasteiger partial charge is 0.227 e. The number of aliphatic hydroxyl groups is 1. The second kappa shape index (κ2) is 9.16. The summed E-state index contributed by atoms with van der Waals surface area (Å²) in [6.07, 6.45) is 6.75. The fourth-order valence-corrected chi connectivity index (χ4v) is 5.37. The minimum absolute atomic E-state index is 0.0375. The highest BCUT2D eigenvalue weighted by atomic mass is 19.1. The largest absolute Gasteiger partial charge is 0.390 e. The maximum absolute atomic E-state index is 14.7. The van der Waals surface area contributed by atoms with E-state index in [0.29, 0.717) is 30.5 Å². The highest BCUT2D eigenvalue weighted by molar-refractivity contribution is 5.96. The third-order valence-electron chi connectivity index (χ3n) is 7.60. The van der Waals surface area contributed by atoms with E-state index in [9.17, 15) is 9.50 Å². The van der Waals surface area contributed by atoms with Crippen LogP contribution in [0.1, 0.15) is 49.9 Å². The number of nitrogens with one attached hydrogen (secondary N) is 1. The van der Waals surface area contributed by atoms with E-state index >= 15 is 0 Å². The average Bonchev–Trinajstić information content (AvgIpc) is 3.46. The number of hydrogen-bond donors (Lipinski definition) is 2. The summed E-state index contributed by atoms with van der Waals surface area (Å²) in [5.41, 5.74) is 1.86. The number of alkyl halides is 1. The molecular weight excluding hydrogens is 485 g/mol. The van der Waals surface area contributed by atoms with Crippen molar-refractivity contribution in [1.29, 1.82) is 0 Å². The Kier molecular flexibility index (Phi) is 5.90. The molecule has 1 fully saturated rings. The molecule has 4 aromatic heterocycles. The van der Waals surface area contributed by atoms with Crippen LogP contribution in [0, 0.1) is 0 Å². The van der Waals surface area contributed by atoms with Gasteiger partial charge >= 0.3 is 0 Å². The third-order valence-corrected chi connectivity index (χ3v) is 7.60. The van der Waals surface area contributed by atoms with Gasteiger partial charge in [-0.3, -0.25) is 4.68 Å². The second-order valence-corrected chi connectivity index (χ2v) is 10.8. The van der Waals surface area contributed by atoms with E-state index in [4.69, 9.17) is 9.97 Å². The summed E-state index contributed by atoms with van der Waals surface area (Å²) in [5.74, 6) is 2.83. The fourth-order valence-electron chi connectivity index (χ4n) is 5.37. The van der Waals surface area contributed by atoms with E-state index in [1.165, 1.54) is 18.2 Å². The van der Waals surface area contributed by atoms with Crippen LogP contribution >= 0.6 is 0 Å². The highest BCUT2D eigenvalue weighted by Crippen LogP contribution is 2.36. The van der Waals surface area contributed by atoms with Crippen LogP contribution in [0.25, 0.3) is 10.8 Å². The Morgan fingerprint density at radius 2 is 1.92 bits per heavy atom. The van der Waals surface area contributed by atoms with E-state index in [1.807, 2.05) is 36.4 Å². The molecule has 2 atom stereocenters. The summed E-state index contributed by atoms with van der Waals surface area (Å²) in [6.45, 7) is 7.78. The van der Waals surface area contributed by atoms with Gasteiger partial charge in [-0.1, -0.05) is 13.8 Å². The summed E-state index contributed by atoms with van der Waals surface area (Å²) < 4.78 is 16.7. The maximum atomic E-state index is 14.7. The van der Waals surface area contributed by atoms with Gasteiger partial charge in [-0.25, -0.2) is 19.3 Å². The standard InChI is InChI=1S/C27H32FN9O/c1-16(2)19-11-31-25(37-13-17-10-32-35(4)21(17)14-37)20-12-30-24(9-18(19)20)33-23-5-7-29-26(34-23)36-8-6-22(38)27(3,28)15-36/h5,7,9-12,16,22,38H,6,8,13-15H2,1-4H3,(H,29,30,33,34)/t22-,27+/m1/s1. The number of fused-ring (bicyclic) bond motifs is 2. The first-order valence-corrected chi connectivity index (χ1v) is 12.9. The molecule has 11 heteroatoms. The minimum atomic E-state index is -1.71. The first kappa shape index (κ1) is 24.5. The fraction of sp³-hybridized carbons (Fsp3) is 0.444. The molecule has 2 aliphatic rings. The van der Waals surface area contributed by atoms with Crippen molar-refractivity contribution in [3.05, 3.63) is 53.7 Å².